The molecular formula is C25H27FN4O3. The second-order valence-electron chi connectivity index (χ2n) is 9.04. The van der Waals surface area contributed by atoms with Crippen molar-refractivity contribution in [3.05, 3.63) is 92.6 Å². The van der Waals surface area contributed by atoms with Crippen LogP contribution < -0.4 is 11.2 Å². The van der Waals surface area contributed by atoms with Crippen LogP contribution in [0.2, 0.25) is 0 Å². The van der Waals surface area contributed by atoms with E-state index in [1.165, 1.54) is 41.5 Å². The van der Waals surface area contributed by atoms with Gasteiger partial charge < -0.3 is 9.30 Å². The van der Waals surface area contributed by atoms with Crippen molar-refractivity contribution in [1.29, 1.82) is 0 Å². The number of benzene rings is 2. The maximum absolute atomic E-state index is 13.5. The van der Waals surface area contributed by atoms with Gasteiger partial charge in [-0.2, -0.15) is 0 Å². The Morgan fingerprint density at radius 2 is 1.67 bits per heavy atom. The van der Waals surface area contributed by atoms with Gasteiger partial charge in [-0.25, -0.2) is 18.7 Å². The van der Waals surface area contributed by atoms with Crippen LogP contribution in [0.15, 0.2) is 64.4 Å². The van der Waals surface area contributed by atoms with Crippen LogP contribution in [0.3, 0.4) is 0 Å². The van der Waals surface area contributed by atoms with Gasteiger partial charge >= 0.3 is 5.69 Å². The van der Waals surface area contributed by atoms with E-state index in [1.54, 1.807) is 10.9 Å². The molecule has 0 amide bonds. The average Bonchev–Trinajstić information content (AvgIpc) is 3.18. The topological polar surface area (TPSA) is 71.1 Å². The van der Waals surface area contributed by atoms with Crippen molar-refractivity contribution in [3.63, 3.8) is 0 Å². The number of aromatic nitrogens is 4. The Hall–Kier alpha value is -3.52. The zero-order chi connectivity index (χ0) is 23.8. The molecule has 2 aromatic heterocycles. The van der Waals surface area contributed by atoms with Crippen LogP contribution in [0.1, 0.15) is 31.9 Å². The Bertz CT molecular complexity index is 1390. The molecule has 0 saturated carbocycles. The highest BCUT2D eigenvalue weighted by Gasteiger charge is 2.20. The predicted molar refractivity (Wildman–Crippen MR) is 126 cm³/mol. The molecule has 33 heavy (non-hydrogen) atoms. The maximum atomic E-state index is 13.5. The molecule has 0 unspecified atom stereocenters. The van der Waals surface area contributed by atoms with Crippen LogP contribution in [-0.2, 0) is 23.2 Å². The highest BCUT2D eigenvalue weighted by Crippen LogP contribution is 2.23. The standard InChI is InChI=1S/C25H27FN4O3/c1-25(2,3)18-7-5-17(6-8-18)15-28-16-27-22-21(28)23(31)29(13-14-33-4)24(32)30(22)20-11-9-19(26)10-12-20/h5-12,16H,13-15H2,1-4H3. The minimum Gasteiger partial charge on any atom is -0.383 e. The van der Waals surface area contributed by atoms with E-state index in [4.69, 9.17) is 4.74 Å². The lowest BCUT2D eigenvalue weighted by atomic mass is 9.87. The normalized spacial score (nSPS) is 11.9. The number of fused-ring (bicyclic) bond motifs is 1. The van der Waals surface area contributed by atoms with E-state index in [0.717, 1.165) is 10.1 Å². The quantitative estimate of drug-likeness (QED) is 0.451. The highest BCUT2D eigenvalue weighted by atomic mass is 19.1. The molecule has 0 atom stereocenters. The third kappa shape index (κ3) is 4.39. The fraction of sp³-hybridized carbons (Fsp3) is 0.320. The second-order valence-corrected chi connectivity index (χ2v) is 9.04. The number of rotatable bonds is 6. The first kappa shape index (κ1) is 22.7. The number of methoxy groups -OCH3 is 1. The molecule has 2 aromatic carbocycles. The minimum absolute atomic E-state index is 0.0422. The van der Waals surface area contributed by atoms with Gasteiger partial charge in [-0.15, -0.1) is 0 Å². The molecule has 0 aliphatic carbocycles. The van der Waals surface area contributed by atoms with Crippen molar-refractivity contribution in [3.8, 4) is 5.69 Å². The summed E-state index contributed by atoms with van der Waals surface area (Å²) in [5.41, 5.74) is 2.24. The van der Waals surface area contributed by atoms with Crippen LogP contribution in [0.25, 0.3) is 16.9 Å². The van der Waals surface area contributed by atoms with E-state index in [9.17, 15) is 14.0 Å². The van der Waals surface area contributed by atoms with Gasteiger partial charge in [-0.1, -0.05) is 45.0 Å². The molecule has 2 heterocycles. The first-order valence-corrected chi connectivity index (χ1v) is 10.8. The van der Waals surface area contributed by atoms with Crippen molar-refractivity contribution in [2.75, 3.05) is 13.7 Å². The van der Waals surface area contributed by atoms with E-state index >= 15 is 0 Å². The molecule has 4 rings (SSSR count). The van der Waals surface area contributed by atoms with E-state index in [0.29, 0.717) is 17.7 Å². The zero-order valence-corrected chi connectivity index (χ0v) is 19.2. The summed E-state index contributed by atoms with van der Waals surface area (Å²) in [6.45, 7) is 7.18. The van der Waals surface area contributed by atoms with E-state index in [2.05, 4.69) is 37.9 Å². The monoisotopic (exact) mass is 450 g/mol. The summed E-state index contributed by atoms with van der Waals surface area (Å²) in [4.78, 5) is 30.9. The molecule has 0 aliphatic heterocycles. The zero-order valence-electron chi connectivity index (χ0n) is 19.2. The summed E-state index contributed by atoms with van der Waals surface area (Å²) in [5, 5.41) is 0. The minimum atomic E-state index is -0.545. The molecule has 8 heteroatoms. The molecule has 0 spiro atoms. The van der Waals surface area contributed by atoms with Crippen molar-refractivity contribution in [1.82, 2.24) is 18.7 Å². The van der Waals surface area contributed by atoms with Gasteiger partial charge in [0.25, 0.3) is 5.56 Å². The second kappa shape index (κ2) is 8.78. The highest BCUT2D eigenvalue weighted by molar-refractivity contribution is 5.72. The van der Waals surface area contributed by atoms with Crippen molar-refractivity contribution in [2.45, 2.75) is 39.3 Å². The molecule has 0 N–H and O–H groups in total. The summed E-state index contributed by atoms with van der Waals surface area (Å²) in [6, 6.07) is 13.8. The first-order chi connectivity index (χ1) is 15.7. The van der Waals surface area contributed by atoms with Crippen molar-refractivity contribution >= 4 is 11.2 Å². The number of hydrogen-bond acceptors (Lipinski definition) is 4. The Morgan fingerprint density at radius 1 is 1.00 bits per heavy atom. The lowest BCUT2D eigenvalue weighted by molar-refractivity contribution is 0.184. The molecule has 0 fully saturated rings. The SMILES string of the molecule is COCCn1c(=O)c2c(ncn2Cc2ccc(C(C)(C)C)cc2)n(-c2ccc(F)cc2)c1=O. The molecule has 172 valence electrons. The van der Waals surface area contributed by atoms with E-state index in [-0.39, 0.29) is 24.2 Å². The molecule has 0 aliphatic rings. The van der Waals surface area contributed by atoms with E-state index in [1.807, 2.05) is 12.1 Å². The number of ether oxygens (including phenoxy) is 1. The van der Waals surface area contributed by atoms with Crippen LogP contribution in [0.4, 0.5) is 4.39 Å². The summed E-state index contributed by atoms with van der Waals surface area (Å²) in [5.74, 6) is -0.417. The smallest absolute Gasteiger partial charge is 0.337 e. The molecule has 4 aromatic rings. The summed E-state index contributed by atoms with van der Waals surface area (Å²) in [7, 11) is 1.51. The first-order valence-electron chi connectivity index (χ1n) is 10.8. The molecule has 7 nitrogen and oxygen atoms in total. The van der Waals surface area contributed by atoms with Crippen molar-refractivity contribution in [2.24, 2.45) is 0 Å². The van der Waals surface area contributed by atoms with E-state index < -0.39 is 17.1 Å². The lowest BCUT2D eigenvalue weighted by Gasteiger charge is -2.19. The summed E-state index contributed by atoms with van der Waals surface area (Å²) in [6.07, 6.45) is 1.56. The molecule has 0 radical (unpaired) electrons. The Balaban J connectivity index is 1.87. The van der Waals surface area contributed by atoms with Gasteiger partial charge in [-0.3, -0.25) is 9.36 Å². The number of hydrogen-bond donors (Lipinski definition) is 0. The molecule has 0 saturated heterocycles. The third-order valence-corrected chi connectivity index (χ3v) is 5.68. The van der Waals surface area contributed by atoms with Crippen LogP contribution in [0.5, 0.6) is 0 Å². The fourth-order valence-electron chi connectivity index (χ4n) is 3.81. The number of halogens is 1. The largest absolute Gasteiger partial charge is 0.383 e. The summed E-state index contributed by atoms with van der Waals surface area (Å²) >= 11 is 0. The number of imidazole rings is 1. The average molecular weight is 451 g/mol. The summed E-state index contributed by atoms with van der Waals surface area (Å²) < 4.78 is 22.8. The Labute approximate surface area is 190 Å². The van der Waals surface area contributed by atoms with Gasteiger partial charge in [0.05, 0.1) is 25.2 Å². The predicted octanol–water partition coefficient (Wildman–Crippen LogP) is 3.48. The van der Waals surface area contributed by atoms with Gasteiger partial charge in [0.1, 0.15) is 5.82 Å². The van der Waals surface area contributed by atoms with Crippen LogP contribution in [0, 0.1) is 5.82 Å². The van der Waals surface area contributed by atoms with Gasteiger partial charge in [0.2, 0.25) is 0 Å². The fourth-order valence-corrected chi connectivity index (χ4v) is 3.81. The van der Waals surface area contributed by atoms with Crippen LogP contribution in [-0.4, -0.2) is 32.4 Å². The van der Waals surface area contributed by atoms with Gasteiger partial charge in [-0.05, 0) is 40.8 Å². The maximum Gasteiger partial charge on any atom is 0.337 e. The lowest BCUT2D eigenvalue weighted by Crippen LogP contribution is -2.41. The molecular weight excluding hydrogens is 423 g/mol. The Kier molecular flexibility index (Phi) is 6.03. The number of nitrogens with zero attached hydrogens (tertiary/aromatic N) is 4. The Morgan fingerprint density at radius 3 is 2.27 bits per heavy atom. The van der Waals surface area contributed by atoms with Gasteiger partial charge in [0, 0.05) is 13.7 Å². The molecule has 0 bridgehead atoms. The van der Waals surface area contributed by atoms with Crippen molar-refractivity contribution < 1.29 is 9.13 Å². The van der Waals surface area contributed by atoms with Crippen LogP contribution >= 0.6 is 0 Å². The van der Waals surface area contributed by atoms with Gasteiger partial charge in [0.15, 0.2) is 11.2 Å². The third-order valence-electron chi connectivity index (χ3n) is 5.68.